The highest BCUT2D eigenvalue weighted by atomic mass is 16.5. The summed E-state index contributed by atoms with van der Waals surface area (Å²) in [6, 6.07) is 0. The third-order valence-electron chi connectivity index (χ3n) is 3.87. The first-order chi connectivity index (χ1) is 7.70. The number of hydrogen-bond acceptors (Lipinski definition) is 3. The lowest BCUT2D eigenvalue weighted by atomic mass is 9.86. The molecule has 0 aliphatic heterocycles. The van der Waals surface area contributed by atoms with E-state index in [4.69, 9.17) is 4.74 Å². The lowest BCUT2D eigenvalue weighted by molar-refractivity contribution is 0.152. The fraction of sp³-hybridized carbons (Fsp3) is 0.833. The van der Waals surface area contributed by atoms with E-state index >= 15 is 0 Å². The van der Waals surface area contributed by atoms with Crippen LogP contribution in [0, 0.1) is 17.8 Å². The molecule has 2 bridgehead atoms. The second-order valence-electron chi connectivity index (χ2n) is 4.87. The van der Waals surface area contributed by atoms with E-state index in [2.05, 4.69) is 10.5 Å². The number of amides is 1. The third-order valence-corrected chi connectivity index (χ3v) is 3.87. The molecule has 3 atom stereocenters. The normalized spacial score (nSPS) is 32.9. The van der Waals surface area contributed by atoms with E-state index in [1.165, 1.54) is 25.7 Å². The highest BCUT2D eigenvalue weighted by Gasteiger charge is 2.40. The van der Waals surface area contributed by atoms with E-state index in [-0.39, 0.29) is 0 Å². The maximum atomic E-state index is 11.1. The van der Waals surface area contributed by atoms with Crippen molar-refractivity contribution in [3.8, 4) is 0 Å². The van der Waals surface area contributed by atoms with Gasteiger partial charge in [-0.3, -0.25) is 0 Å². The number of hydrogen-bond donors (Lipinski definition) is 1. The number of hydrazone groups is 1. The van der Waals surface area contributed by atoms with Gasteiger partial charge in [0, 0.05) is 11.6 Å². The Morgan fingerprint density at radius 1 is 1.44 bits per heavy atom. The van der Waals surface area contributed by atoms with Gasteiger partial charge in [0.25, 0.3) is 0 Å². The molecule has 0 spiro atoms. The number of nitrogens with zero attached hydrogens (tertiary/aromatic N) is 1. The fourth-order valence-corrected chi connectivity index (χ4v) is 3.14. The standard InChI is InChI=1S/C12H20N2O2/c1-3-16-12(15)14-13-8(2)11-7-9-4-5-10(11)6-9/h9-11H,3-7H2,1-2H3,(H,14,15)/b13-8-/t9-,10+,11+/m0/s1. The van der Waals surface area contributed by atoms with Gasteiger partial charge in [-0.05, 0) is 44.9 Å². The molecule has 1 N–H and O–H groups in total. The average molecular weight is 224 g/mol. The van der Waals surface area contributed by atoms with Crippen LogP contribution in [0.25, 0.3) is 0 Å². The van der Waals surface area contributed by atoms with Gasteiger partial charge < -0.3 is 4.74 Å². The van der Waals surface area contributed by atoms with Crippen LogP contribution in [0.3, 0.4) is 0 Å². The van der Waals surface area contributed by atoms with Gasteiger partial charge in [-0.2, -0.15) is 5.10 Å². The molecule has 0 aromatic carbocycles. The van der Waals surface area contributed by atoms with Crippen molar-refractivity contribution in [1.29, 1.82) is 0 Å². The molecule has 2 aliphatic rings. The van der Waals surface area contributed by atoms with Crippen molar-refractivity contribution in [3.63, 3.8) is 0 Å². The minimum Gasteiger partial charge on any atom is -0.449 e. The molecule has 2 fully saturated rings. The first-order valence-electron chi connectivity index (χ1n) is 6.17. The summed E-state index contributed by atoms with van der Waals surface area (Å²) in [5.41, 5.74) is 3.50. The second kappa shape index (κ2) is 4.85. The number of ether oxygens (including phenoxy) is 1. The Morgan fingerprint density at radius 2 is 2.25 bits per heavy atom. The summed E-state index contributed by atoms with van der Waals surface area (Å²) in [6.07, 6.45) is 4.88. The molecule has 4 heteroatoms. The quantitative estimate of drug-likeness (QED) is 0.591. The molecule has 0 unspecified atom stereocenters. The number of carbonyl (C=O) groups is 1. The van der Waals surface area contributed by atoms with Gasteiger partial charge in [-0.1, -0.05) is 6.42 Å². The van der Waals surface area contributed by atoms with Crippen LogP contribution in [0.1, 0.15) is 39.5 Å². The van der Waals surface area contributed by atoms with Gasteiger partial charge in [-0.15, -0.1) is 0 Å². The summed E-state index contributed by atoms with van der Waals surface area (Å²) in [6.45, 7) is 4.18. The van der Waals surface area contributed by atoms with E-state index < -0.39 is 6.09 Å². The van der Waals surface area contributed by atoms with Crippen molar-refractivity contribution in [2.24, 2.45) is 22.9 Å². The smallest absolute Gasteiger partial charge is 0.427 e. The zero-order chi connectivity index (χ0) is 11.5. The molecule has 0 saturated heterocycles. The Hall–Kier alpha value is -1.06. The monoisotopic (exact) mass is 224 g/mol. The molecule has 2 saturated carbocycles. The summed E-state index contributed by atoms with van der Waals surface area (Å²) >= 11 is 0. The van der Waals surface area contributed by atoms with Gasteiger partial charge in [0.15, 0.2) is 0 Å². The van der Waals surface area contributed by atoms with Crippen LogP contribution in [0.2, 0.25) is 0 Å². The van der Waals surface area contributed by atoms with Crippen molar-refractivity contribution < 1.29 is 9.53 Å². The molecule has 0 aromatic heterocycles. The third kappa shape index (κ3) is 2.36. The maximum Gasteiger partial charge on any atom is 0.427 e. The van der Waals surface area contributed by atoms with E-state index in [0.717, 1.165) is 17.5 Å². The molecule has 2 aliphatic carbocycles. The number of carbonyl (C=O) groups excluding carboxylic acids is 1. The molecular formula is C12H20N2O2. The van der Waals surface area contributed by atoms with Crippen LogP contribution in [-0.2, 0) is 4.74 Å². The van der Waals surface area contributed by atoms with Crippen molar-refractivity contribution in [2.45, 2.75) is 39.5 Å². The van der Waals surface area contributed by atoms with Crippen LogP contribution >= 0.6 is 0 Å². The van der Waals surface area contributed by atoms with Crippen LogP contribution in [-0.4, -0.2) is 18.4 Å². The Balaban J connectivity index is 1.85. The van der Waals surface area contributed by atoms with Crippen molar-refractivity contribution in [2.75, 3.05) is 6.61 Å². The van der Waals surface area contributed by atoms with Gasteiger partial charge in [0.2, 0.25) is 0 Å². The minimum absolute atomic E-state index is 0.383. The average Bonchev–Trinajstić information content (AvgIpc) is 2.88. The molecular weight excluding hydrogens is 204 g/mol. The maximum absolute atomic E-state index is 11.1. The van der Waals surface area contributed by atoms with Gasteiger partial charge >= 0.3 is 6.09 Å². The molecule has 16 heavy (non-hydrogen) atoms. The second-order valence-corrected chi connectivity index (χ2v) is 4.87. The van der Waals surface area contributed by atoms with Crippen molar-refractivity contribution in [3.05, 3.63) is 0 Å². The molecule has 4 nitrogen and oxygen atoms in total. The largest absolute Gasteiger partial charge is 0.449 e. The predicted octanol–water partition coefficient (Wildman–Crippen LogP) is 2.54. The highest BCUT2D eigenvalue weighted by molar-refractivity contribution is 5.86. The van der Waals surface area contributed by atoms with Gasteiger partial charge in [0.05, 0.1) is 6.61 Å². The Labute approximate surface area is 96.4 Å². The summed E-state index contributed by atoms with van der Waals surface area (Å²) in [4.78, 5) is 11.1. The van der Waals surface area contributed by atoms with Gasteiger partial charge in [0.1, 0.15) is 0 Å². The van der Waals surface area contributed by atoms with Gasteiger partial charge in [-0.25, -0.2) is 10.2 Å². The van der Waals surface area contributed by atoms with E-state index in [9.17, 15) is 4.79 Å². The van der Waals surface area contributed by atoms with E-state index in [1.54, 1.807) is 6.92 Å². The van der Waals surface area contributed by atoms with E-state index in [0.29, 0.717) is 12.5 Å². The molecule has 0 radical (unpaired) electrons. The Kier molecular flexibility index (Phi) is 3.46. The zero-order valence-electron chi connectivity index (χ0n) is 10.0. The lowest BCUT2D eigenvalue weighted by Crippen LogP contribution is -2.25. The first-order valence-corrected chi connectivity index (χ1v) is 6.17. The van der Waals surface area contributed by atoms with E-state index in [1.807, 2.05) is 6.92 Å². The van der Waals surface area contributed by atoms with Crippen LogP contribution in [0.5, 0.6) is 0 Å². The SMILES string of the molecule is CCOC(=O)N/N=C(/C)[C@H]1C[C@H]2CC[C@@H]1C2. The minimum atomic E-state index is -0.454. The fourth-order valence-electron chi connectivity index (χ4n) is 3.14. The number of rotatable bonds is 3. The summed E-state index contributed by atoms with van der Waals surface area (Å²) < 4.78 is 4.76. The van der Waals surface area contributed by atoms with Crippen molar-refractivity contribution >= 4 is 11.8 Å². The molecule has 90 valence electrons. The lowest BCUT2D eigenvalue weighted by Gasteiger charge is -2.21. The van der Waals surface area contributed by atoms with Crippen LogP contribution < -0.4 is 5.43 Å². The molecule has 1 amide bonds. The highest BCUT2D eigenvalue weighted by Crippen LogP contribution is 2.48. The molecule has 2 rings (SSSR count). The Bertz CT molecular complexity index is 301. The zero-order valence-corrected chi connectivity index (χ0v) is 10.0. The summed E-state index contributed by atoms with van der Waals surface area (Å²) in [5, 5.41) is 4.14. The number of fused-ring (bicyclic) bond motifs is 2. The van der Waals surface area contributed by atoms with Crippen molar-refractivity contribution in [1.82, 2.24) is 5.43 Å². The van der Waals surface area contributed by atoms with Crippen LogP contribution in [0.4, 0.5) is 4.79 Å². The molecule has 0 heterocycles. The predicted molar refractivity (Wildman–Crippen MR) is 62.2 cm³/mol. The summed E-state index contributed by atoms with van der Waals surface area (Å²) in [5.74, 6) is 2.29. The summed E-state index contributed by atoms with van der Waals surface area (Å²) in [7, 11) is 0. The Morgan fingerprint density at radius 3 is 2.81 bits per heavy atom. The number of nitrogens with one attached hydrogen (secondary N) is 1. The molecule has 0 aromatic rings. The topological polar surface area (TPSA) is 50.7 Å². The first kappa shape index (κ1) is 11.4. The van der Waals surface area contributed by atoms with Crippen LogP contribution in [0.15, 0.2) is 5.10 Å².